The van der Waals surface area contributed by atoms with E-state index in [0.717, 1.165) is 5.56 Å². The van der Waals surface area contributed by atoms with Crippen molar-refractivity contribution in [2.75, 3.05) is 6.54 Å². The van der Waals surface area contributed by atoms with Crippen LogP contribution >= 0.6 is 0 Å². The molecule has 1 aromatic carbocycles. The van der Waals surface area contributed by atoms with Gasteiger partial charge in [-0.1, -0.05) is 44.2 Å². The second kappa shape index (κ2) is 10.9. The van der Waals surface area contributed by atoms with Crippen molar-refractivity contribution in [2.45, 2.75) is 45.7 Å². The number of carboxylic acid groups (broad SMARTS) is 1. The van der Waals surface area contributed by atoms with Crippen LogP contribution in [0.15, 0.2) is 30.3 Å². The topological polar surface area (TPSA) is 125 Å². The van der Waals surface area contributed by atoms with Crippen molar-refractivity contribution in [3.05, 3.63) is 35.9 Å². The Balaban J connectivity index is 2.99. The van der Waals surface area contributed by atoms with Crippen molar-refractivity contribution in [1.29, 1.82) is 0 Å². The highest BCUT2D eigenvalue weighted by Gasteiger charge is 2.30. The van der Waals surface area contributed by atoms with Gasteiger partial charge in [0.05, 0.1) is 0 Å². The van der Waals surface area contributed by atoms with Crippen LogP contribution < -0.4 is 16.0 Å². The van der Waals surface area contributed by atoms with Gasteiger partial charge in [-0.15, -0.1) is 0 Å². The Bertz CT molecular complexity index is 661. The molecule has 1 rings (SSSR count). The van der Waals surface area contributed by atoms with Crippen molar-refractivity contribution in [3.63, 3.8) is 0 Å². The first-order valence-electron chi connectivity index (χ1n) is 8.90. The van der Waals surface area contributed by atoms with E-state index in [0.29, 0.717) is 0 Å². The predicted octanol–water partition coefficient (Wildman–Crippen LogP) is 1.10. The minimum Gasteiger partial charge on any atom is -0.465 e. The summed E-state index contributed by atoms with van der Waals surface area (Å²) in [5.41, 5.74) is 0.770. The molecule has 1 unspecified atom stereocenters. The van der Waals surface area contributed by atoms with Crippen molar-refractivity contribution in [1.82, 2.24) is 16.0 Å². The molecular formula is C19H27N3O5. The van der Waals surface area contributed by atoms with Crippen molar-refractivity contribution >= 4 is 23.7 Å². The third-order valence-corrected chi connectivity index (χ3v) is 3.80. The molecule has 27 heavy (non-hydrogen) atoms. The molecule has 0 saturated heterocycles. The summed E-state index contributed by atoms with van der Waals surface area (Å²) in [6.07, 6.45) is -0.930. The highest BCUT2D eigenvalue weighted by molar-refractivity contribution is 6.38. The molecule has 8 nitrogen and oxygen atoms in total. The lowest BCUT2D eigenvalue weighted by Gasteiger charge is -2.23. The monoisotopic (exact) mass is 377 g/mol. The van der Waals surface area contributed by atoms with Crippen LogP contribution in [0.2, 0.25) is 0 Å². The highest BCUT2D eigenvalue weighted by atomic mass is 16.4. The van der Waals surface area contributed by atoms with E-state index >= 15 is 0 Å². The van der Waals surface area contributed by atoms with Crippen LogP contribution in [0, 0.1) is 5.92 Å². The van der Waals surface area contributed by atoms with Crippen LogP contribution in [0.5, 0.6) is 0 Å². The summed E-state index contributed by atoms with van der Waals surface area (Å²) < 4.78 is 0. The first kappa shape index (κ1) is 22.1. The van der Waals surface area contributed by atoms with Crippen LogP contribution in [-0.4, -0.2) is 47.4 Å². The molecule has 0 aliphatic carbocycles. The van der Waals surface area contributed by atoms with Gasteiger partial charge in [0, 0.05) is 13.0 Å². The van der Waals surface area contributed by atoms with E-state index in [-0.39, 0.29) is 25.3 Å². The molecule has 0 spiro atoms. The molecule has 1 aromatic rings. The number of benzene rings is 1. The summed E-state index contributed by atoms with van der Waals surface area (Å²) >= 11 is 0. The van der Waals surface area contributed by atoms with Crippen LogP contribution in [0.4, 0.5) is 4.79 Å². The van der Waals surface area contributed by atoms with Crippen molar-refractivity contribution in [2.24, 2.45) is 5.92 Å². The fourth-order valence-corrected chi connectivity index (χ4v) is 2.59. The SMILES string of the molecule is CCNC(=O)C(=O)C(Cc1ccccc1)NC(=O)[C@H](CC(C)C)NC(=O)O. The third kappa shape index (κ3) is 7.89. The van der Waals surface area contributed by atoms with Gasteiger partial charge < -0.3 is 21.1 Å². The number of hydrogen-bond acceptors (Lipinski definition) is 4. The number of likely N-dealkylation sites (N-methyl/N-ethyl adjacent to an activating group) is 1. The Morgan fingerprint density at radius 1 is 1.00 bits per heavy atom. The molecule has 0 aromatic heterocycles. The van der Waals surface area contributed by atoms with Crippen LogP contribution in [-0.2, 0) is 20.8 Å². The molecule has 0 aliphatic heterocycles. The fourth-order valence-electron chi connectivity index (χ4n) is 2.59. The summed E-state index contributed by atoms with van der Waals surface area (Å²) in [7, 11) is 0. The van der Waals surface area contributed by atoms with Gasteiger partial charge in [-0.3, -0.25) is 14.4 Å². The normalized spacial score (nSPS) is 12.7. The van der Waals surface area contributed by atoms with E-state index in [1.54, 1.807) is 31.2 Å². The van der Waals surface area contributed by atoms with Crippen molar-refractivity contribution in [3.8, 4) is 0 Å². The van der Waals surface area contributed by atoms with Gasteiger partial charge in [-0.05, 0) is 24.8 Å². The van der Waals surface area contributed by atoms with Gasteiger partial charge in [0.25, 0.3) is 5.91 Å². The second-order valence-electron chi connectivity index (χ2n) is 6.61. The van der Waals surface area contributed by atoms with E-state index in [1.807, 2.05) is 19.9 Å². The highest BCUT2D eigenvalue weighted by Crippen LogP contribution is 2.08. The number of carbonyl (C=O) groups is 4. The Labute approximate surface area is 158 Å². The maximum absolute atomic E-state index is 12.6. The lowest BCUT2D eigenvalue weighted by molar-refractivity contribution is -0.140. The van der Waals surface area contributed by atoms with E-state index < -0.39 is 35.8 Å². The molecule has 0 bridgehead atoms. The summed E-state index contributed by atoms with van der Waals surface area (Å²) in [6.45, 7) is 5.68. The molecule has 3 amide bonds. The van der Waals surface area contributed by atoms with Crippen molar-refractivity contribution < 1.29 is 24.3 Å². The largest absolute Gasteiger partial charge is 0.465 e. The molecule has 0 radical (unpaired) electrons. The Hall–Kier alpha value is -2.90. The fraction of sp³-hybridized carbons (Fsp3) is 0.474. The molecule has 4 N–H and O–H groups in total. The molecule has 0 heterocycles. The number of hydrogen-bond donors (Lipinski definition) is 4. The van der Waals surface area contributed by atoms with Gasteiger partial charge in [0.15, 0.2) is 0 Å². The lowest BCUT2D eigenvalue weighted by Crippen LogP contribution is -2.54. The number of Topliss-reactive ketones (excluding diaryl/α,β-unsaturated/α-hetero) is 1. The van der Waals surface area contributed by atoms with E-state index in [4.69, 9.17) is 5.11 Å². The Morgan fingerprint density at radius 3 is 2.15 bits per heavy atom. The number of rotatable bonds is 10. The predicted molar refractivity (Wildman–Crippen MR) is 100 cm³/mol. The quantitative estimate of drug-likeness (QED) is 0.455. The first-order chi connectivity index (χ1) is 12.7. The van der Waals surface area contributed by atoms with Gasteiger partial charge in [-0.25, -0.2) is 4.79 Å². The average molecular weight is 377 g/mol. The van der Waals surface area contributed by atoms with Gasteiger partial charge >= 0.3 is 6.09 Å². The average Bonchev–Trinajstić information content (AvgIpc) is 2.60. The summed E-state index contributed by atoms with van der Waals surface area (Å²) in [4.78, 5) is 48.0. The maximum atomic E-state index is 12.6. The zero-order valence-electron chi connectivity index (χ0n) is 15.8. The number of carbonyl (C=O) groups excluding carboxylic acids is 3. The first-order valence-corrected chi connectivity index (χ1v) is 8.90. The minimum atomic E-state index is -1.33. The molecule has 148 valence electrons. The molecule has 0 aliphatic rings. The third-order valence-electron chi connectivity index (χ3n) is 3.80. The molecule has 2 atom stereocenters. The Kier molecular flexibility index (Phi) is 8.98. The lowest BCUT2D eigenvalue weighted by atomic mass is 9.99. The summed E-state index contributed by atoms with van der Waals surface area (Å²) in [6, 6.07) is 6.87. The standard InChI is InChI=1S/C19H27N3O5/c1-4-20-18(25)16(23)14(11-13-8-6-5-7-9-13)21-17(24)15(10-12(2)3)22-19(26)27/h5-9,12,14-15,22H,4,10-11H2,1-3H3,(H,20,25)(H,21,24)(H,26,27)/t14?,15-/m0/s1. The van der Waals surface area contributed by atoms with Gasteiger partial charge in [0.1, 0.15) is 12.1 Å². The maximum Gasteiger partial charge on any atom is 0.405 e. The Morgan fingerprint density at radius 2 is 1.63 bits per heavy atom. The van der Waals surface area contributed by atoms with E-state index in [2.05, 4.69) is 16.0 Å². The zero-order valence-corrected chi connectivity index (χ0v) is 15.8. The van der Waals surface area contributed by atoms with E-state index in [1.165, 1.54) is 0 Å². The van der Waals surface area contributed by atoms with Crippen LogP contribution in [0.25, 0.3) is 0 Å². The molecule has 8 heteroatoms. The molecular weight excluding hydrogens is 350 g/mol. The summed E-state index contributed by atoms with van der Waals surface area (Å²) in [5.74, 6) is -2.14. The van der Waals surface area contributed by atoms with E-state index in [9.17, 15) is 19.2 Å². The number of nitrogens with one attached hydrogen (secondary N) is 3. The number of ketones is 1. The van der Waals surface area contributed by atoms with Gasteiger partial charge in [-0.2, -0.15) is 0 Å². The smallest absolute Gasteiger partial charge is 0.405 e. The minimum absolute atomic E-state index is 0.0549. The second-order valence-corrected chi connectivity index (χ2v) is 6.61. The summed E-state index contributed by atoms with van der Waals surface area (Å²) in [5, 5.41) is 16.1. The molecule has 0 saturated carbocycles. The van der Waals surface area contributed by atoms with Crippen LogP contribution in [0.1, 0.15) is 32.8 Å². The van der Waals surface area contributed by atoms with Gasteiger partial charge in [0.2, 0.25) is 11.7 Å². The van der Waals surface area contributed by atoms with Crippen LogP contribution in [0.3, 0.4) is 0 Å². The number of amides is 3. The zero-order chi connectivity index (χ0) is 20.4. The molecule has 0 fully saturated rings.